The Kier molecular flexibility index (Phi) is 3.27. The highest BCUT2D eigenvalue weighted by Gasteiger charge is 2.16. The zero-order valence-electron chi connectivity index (χ0n) is 11.6. The number of nitrogens with zero attached hydrogens (tertiary/aromatic N) is 4. The first-order chi connectivity index (χ1) is 11.2. The van der Waals surface area contributed by atoms with Crippen molar-refractivity contribution in [1.82, 2.24) is 18.7 Å². The number of aromatic nitrogens is 4. The van der Waals surface area contributed by atoms with E-state index in [1.807, 2.05) is 0 Å². The van der Waals surface area contributed by atoms with E-state index in [4.69, 9.17) is 0 Å². The molecular weight excluding hydrogens is 318 g/mol. The topological polar surface area (TPSA) is 51.6 Å². The van der Waals surface area contributed by atoms with Crippen LogP contribution in [0.15, 0.2) is 48.5 Å². The first-order valence-corrected chi connectivity index (χ1v) is 7.46. The molecule has 0 saturated heterocycles. The van der Waals surface area contributed by atoms with Gasteiger partial charge in [0.05, 0.1) is 23.1 Å². The van der Waals surface area contributed by atoms with E-state index in [0.29, 0.717) is 33.8 Å². The van der Waals surface area contributed by atoms with Gasteiger partial charge in [0.25, 0.3) is 0 Å². The van der Waals surface area contributed by atoms with Crippen molar-refractivity contribution in [2.75, 3.05) is 0 Å². The molecule has 0 amide bonds. The Morgan fingerprint density at radius 3 is 1.61 bits per heavy atom. The summed E-state index contributed by atoms with van der Waals surface area (Å²) in [5.41, 5.74) is 2.74. The number of rotatable bonds is 2. The molecule has 0 radical (unpaired) electrons. The smallest absolute Gasteiger partial charge is 0.213 e. The lowest BCUT2D eigenvalue weighted by atomic mass is 10.0. The van der Waals surface area contributed by atoms with Crippen molar-refractivity contribution >= 4 is 23.0 Å². The predicted octanol–water partition coefficient (Wildman–Crippen LogP) is 4.09. The van der Waals surface area contributed by atoms with Crippen LogP contribution in [-0.4, -0.2) is 18.7 Å². The van der Waals surface area contributed by atoms with Crippen LogP contribution in [0.5, 0.6) is 0 Å². The Hall–Kier alpha value is -2.80. The normalized spacial score (nSPS) is 11.0. The number of fused-ring (bicyclic) bond motifs is 1. The highest BCUT2D eigenvalue weighted by Crippen LogP contribution is 2.31. The highest BCUT2D eigenvalue weighted by molar-refractivity contribution is 6.99. The Balaban J connectivity index is 2.03. The molecule has 112 valence electrons. The molecule has 0 fully saturated rings. The summed E-state index contributed by atoms with van der Waals surface area (Å²) in [5, 5.41) is 0. The molecule has 0 unspecified atom stereocenters. The van der Waals surface area contributed by atoms with E-state index in [9.17, 15) is 8.78 Å². The lowest BCUT2D eigenvalue weighted by molar-refractivity contribution is 0.627. The predicted molar refractivity (Wildman–Crippen MR) is 83.8 cm³/mol. The molecule has 2 aromatic heterocycles. The van der Waals surface area contributed by atoms with Crippen molar-refractivity contribution in [3.63, 3.8) is 0 Å². The number of halogens is 2. The van der Waals surface area contributed by atoms with Crippen LogP contribution in [0.3, 0.4) is 0 Å². The molecule has 23 heavy (non-hydrogen) atoms. The summed E-state index contributed by atoms with van der Waals surface area (Å²) in [5.74, 6) is -0.767. The van der Waals surface area contributed by atoms with Gasteiger partial charge in [0, 0.05) is 11.1 Å². The van der Waals surface area contributed by atoms with Crippen LogP contribution < -0.4 is 0 Å². The van der Waals surface area contributed by atoms with Crippen molar-refractivity contribution < 1.29 is 8.78 Å². The lowest BCUT2D eigenvalue weighted by Crippen LogP contribution is -1.96. The Morgan fingerprint density at radius 1 is 0.696 bits per heavy atom. The van der Waals surface area contributed by atoms with Gasteiger partial charge in [-0.2, -0.15) is 8.75 Å². The monoisotopic (exact) mass is 326 g/mol. The largest absolute Gasteiger partial charge is 0.222 e. The van der Waals surface area contributed by atoms with E-state index in [2.05, 4.69) is 18.7 Å². The molecule has 0 aliphatic heterocycles. The van der Waals surface area contributed by atoms with E-state index < -0.39 is 0 Å². The van der Waals surface area contributed by atoms with Crippen LogP contribution in [-0.2, 0) is 0 Å². The van der Waals surface area contributed by atoms with Crippen molar-refractivity contribution in [1.29, 1.82) is 0 Å². The standard InChI is InChI=1S/C16H8F2N4S/c17-11-5-1-3-9(7-11)13-14(10-4-2-6-12(18)8-10)20-16-15(19-13)21-23-22-16/h1-8H. The van der Waals surface area contributed by atoms with Crippen molar-refractivity contribution in [2.45, 2.75) is 0 Å². The summed E-state index contributed by atoms with van der Waals surface area (Å²) in [4.78, 5) is 8.88. The fraction of sp³-hybridized carbons (Fsp3) is 0. The molecular formula is C16H8F2N4S. The van der Waals surface area contributed by atoms with E-state index >= 15 is 0 Å². The van der Waals surface area contributed by atoms with Gasteiger partial charge in [0.15, 0.2) is 0 Å². The highest BCUT2D eigenvalue weighted by atomic mass is 32.1. The average molecular weight is 326 g/mol. The number of hydrogen-bond acceptors (Lipinski definition) is 5. The van der Waals surface area contributed by atoms with E-state index in [1.165, 1.54) is 24.3 Å². The molecule has 2 heterocycles. The summed E-state index contributed by atoms with van der Waals surface area (Å²) >= 11 is 0.994. The second kappa shape index (κ2) is 5.44. The molecule has 0 N–H and O–H groups in total. The van der Waals surface area contributed by atoms with Crippen LogP contribution in [0, 0.1) is 11.6 Å². The third-order valence-electron chi connectivity index (χ3n) is 3.31. The molecule has 0 aliphatic carbocycles. The summed E-state index contributed by atoms with van der Waals surface area (Å²) in [6.07, 6.45) is 0. The molecule has 0 aliphatic rings. The molecule has 4 nitrogen and oxygen atoms in total. The third kappa shape index (κ3) is 2.55. The number of benzene rings is 2. The van der Waals surface area contributed by atoms with Gasteiger partial charge in [-0.05, 0) is 24.3 Å². The van der Waals surface area contributed by atoms with Crippen molar-refractivity contribution in [3.05, 3.63) is 60.2 Å². The van der Waals surface area contributed by atoms with Crippen LogP contribution in [0.1, 0.15) is 0 Å². The fourth-order valence-electron chi connectivity index (χ4n) is 2.31. The summed E-state index contributed by atoms with van der Waals surface area (Å²) in [6, 6.07) is 12.0. The molecule has 2 aromatic carbocycles. The van der Waals surface area contributed by atoms with Gasteiger partial charge in [-0.3, -0.25) is 0 Å². The Bertz CT molecular complexity index is 936. The molecule has 0 saturated carbocycles. The van der Waals surface area contributed by atoms with Crippen LogP contribution in [0.4, 0.5) is 8.78 Å². The van der Waals surface area contributed by atoms with Crippen LogP contribution >= 0.6 is 11.7 Å². The summed E-state index contributed by atoms with van der Waals surface area (Å²) in [7, 11) is 0. The Labute approximate surface area is 133 Å². The first kappa shape index (κ1) is 13.8. The minimum absolute atomic E-state index is 0.383. The van der Waals surface area contributed by atoms with E-state index in [-0.39, 0.29) is 11.6 Å². The van der Waals surface area contributed by atoms with Gasteiger partial charge >= 0.3 is 0 Å². The minimum Gasteiger partial charge on any atom is -0.222 e. The van der Waals surface area contributed by atoms with Gasteiger partial charge < -0.3 is 0 Å². The zero-order chi connectivity index (χ0) is 15.8. The first-order valence-electron chi connectivity index (χ1n) is 6.73. The third-order valence-corrected chi connectivity index (χ3v) is 3.82. The van der Waals surface area contributed by atoms with Crippen molar-refractivity contribution in [3.8, 4) is 22.5 Å². The molecule has 7 heteroatoms. The molecule has 0 atom stereocenters. The van der Waals surface area contributed by atoms with Crippen molar-refractivity contribution in [2.24, 2.45) is 0 Å². The average Bonchev–Trinajstić information content (AvgIpc) is 3.01. The molecule has 0 spiro atoms. The summed E-state index contributed by atoms with van der Waals surface area (Å²) < 4.78 is 35.3. The van der Waals surface area contributed by atoms with Gasteiger partial charge in [-0.25, -0.2) is 18.7 Å². The fourth-order valence-corrected chi connectivity index (χ4v) is 2.75. The molecule has 4 rings (SSSR count). The van der Waals surface area contributed by atoms with Gasteiger partial charge in [0.1, 0.15) is 11.6 Å². The Morgan fingerprint density at radius 2 is 1.17 bits per heavy atom. The van der Waals surface area contributed by atoms with Crippen LogP contribution in [0.2, 0.25) is 0 Å². The van der Waals surface area contributed by atoms with E-state index in [0.717, 1.165) is 11.7 Å². The molecule has 0 bridgehead atoms. The second-order valence-electron chi connectivity index (χ2n) is 4.85. The van der Waals surface area contributed by atoms with E-state index in [1.54, 1.807) is 24.3 Å². The maximum Gasteiger partial charge on any atom is 0.213 e. The summed E-state index contributed by atoms with van der Waals surface area (Å²) in [6.45, 7) is 0. The maximum absolute atomic E-state index is 13.6. The lowest BCUT2D eigenvalue weighted by Gasteiger charge is -2.08. The van der Waals surface area contributed by atoms with Gasteiger partial charge in [0.2, 0.25) is 11.3 Å². The van der Waals surface area contributed by atoms with Gasteiger partial charge in [-0.1, -0.05) is 24.3 Å². The van der Waals surface area contributed by atoms with Crippen LogP contribution in [0.25, 0.3) is 33.8 Å². The van der Waals surface area contributed by atoms with Gasteiger partial charge in [-0.15, -0.1) is 0 Å². The second-order valence-corrected chi connectivity index (χ2v) is 5.38. The minimum atomic E-state index is -0.383. The SMILES string of the molecule is Fc1cccc(-c2nc3nsnc3nc2-c2cccc(F)c2)c1. The molecule has 4 aromatic rings. The zero-order valence-corrected chi connectivity index (χ0v) is 12.4. The quantitative estimate of drug-likeness (QED) is 0.557. The maximum atomic E-state index is 13.6. The number of hydrogen-bond donors (Lipinski definition) is 0.